The second kappa shape index (κ2) is 4.53. The normalized spacial score (nSPS) is 25.6. The number of hydrogen-bond acceptors (Lipinski definition) is 6. The second-order valence-corrected chi connectivity index (χ2v) is 5.52. The van der Waals surface area contributed by atoms with E-state index in [0.717, 1.165) is 0 Å². The predicted octanol–water partition coefficient (Wildman–Crippen LogP) is 1.87. The Kier molecular flexibility index (Phi) is 2.72. The maximum atomic E-state index is 10.5. The molecule has 0 unspecified atom stereocenters. The third-order valence-corrected chi connectivity index (χ3v) is 4.15. The van der Waals surface area contributed by atoms with Crippen molar-refractivity contribution in [1.29, 1.82) is 0 Å². The molecule has 0 radical (unpaired) electrons. The van der Waals surface area contributed by atoms with Crippen molar-refractivity contribution in [2.45, 2.75) is 24.9 Å². The van der Waals surface area contributed by atoms with Gasteiger partial charge in [-0.1, -0.05) is 0 Å². The van der Waals surface area contributed by atoms with Crippen LogP contribution in [-0.4, -0.2) is 26.5 Å². The maximum absolute atomic E-state index is 10.5. The molecule has 2 aliphatic heterocycles. The Morgan fingerprint density at radius 3 is 2.55 bits per heavy atom. The summed E-state index contributed by atoms with van der Waals surface area (Å²) in [5.41, 5.74) is 1.89. The summed E-state index contributed by atoms with van der Waals surface area (Å²) in [5, 5.41) is 39.4. The second-order valence-electron chi connectivity index (χ2n) is 5.52. The van der Waals surface area contributed by atoms with E-state index in [4.69, 9.17) is 9.47 Å². The van der Waals surface area contributed by atoms with Crippen LogP contribution in [0, 0.1) is 0 Å². The molecule has 2 heterocycles. The quantitative estimate of drug-likeness (QED) is 0.554. The van der Waals surface area contributed by atoms with E-state index < -0.39 is 18.3 Å². The Morgan fingerprint density at radius 2 is 1.73 bits per heavy atom. The molecule has 6 heteroatoms. The number of phenolic OH excluding ortho intramolecular Hbond substituents is 3. The molecule has 4 N–H and O–H groups in total. The molecule has 0 fully saturated rings. The average Bonchev–Trinajstić information content (AvgIpc) is 2.48. The van der Waals surface area contributed by atoms with Crippen LogP contribution < -0.4 is 4.74 Å². The number of aliphatic hydroxyl groups excluding tert-OH is 1. The molecule has 114 valence electrons. The standard InChI is InChI=1S/C16H14O6/c17-8-1-2-9-13(4-8)22-15-10-5-12(19)11(18)3-7(10)6-21-16(15)14(9)20/h1-5,14-20H,6H2/t14-,15-,16+/m0/s1. The lowest BCUT2D eigenvalue weighted by molar-refractivity contribution is -0.127. The highest BCUT2D eigenvalue weighted by molar-refractivity contribution is 5.50. The third-order valence-electron chi connectivity index (χ3n) is 4.15. The van der Waals surface area contributed by atoms with E-state index in [2.05, 4.69) is 0 Å². The lowest BCUT2D eigenvalue weighted by atomic mass is 9.87. The van der Waals surface area contributed by atoms with Crippen molar-refractivity contribution < 1.29 is 29.9 Å². The van der Waals surface area contributed by atoms with Crippen LogP contribution in [0.4, 0.5) is 0 Å². The number of aliphatic hydroxyl groups is 1. The molecule has 0 aliphatic carbocycles. The minimum absolute atomic E-state index is 0.0369. The first kappa shape index (κ1) is 13.2. The smallest absolute Gasteiger partial charge is 0.157 e. The first-order chi connectivity index (χ1) is 10.5. The number of aromatic hydroxyl groups is 3. The molecule has 0 saturated carbocycles. The summed E-state index contributed by atoms with van der Waals surface area (Å²) in [6.45, 7) is 0.207. The molecule has 0 spiro atoms. The first-order valence-corrected chi connectivity index (χ1v) is 6.88. The van der Waals surface area contributed by atoms with Crippen LogP contribution >= 0.6 is 0 Å². The monoisotopic (exact) mass is 302 g/mol. The molecule has 6 nitrogen and oxygen atoms in total. The van der Waals surface area contributed by atoms with Crippen molar-refractivity contribution in [1.82, 2.24) is 0 Å². The van der Waals surface area contributed by atoms with Gasteiger partial charge in [-0.2, -0.15) is 0 Å². The number of rotatable bonds is 0. The maximum Gasteiger partial charge on any atom is 0.157 e. The van der Waals surface area contributed by atoms with Gasteiger partial charge in [0.25, 0.3) is 0 Å². The van der Waals surface area contributed by atoms with Gasteiger partial charge >= 0.3 is 0 Å². The Labute approximate surface area is 125 Å². The summed E-state index contributed by atoms with van der Waals surface area (Å²) in [7, 11) is 0. The van der Waals surface area contributed by atoms with E-state index in [-0.39, 0.29) is 23.9 Å². The molecule has 2 aromatic carbocycles. The first-order valence-electron chi connectivity index (χ1n) is 6.88. The van der Waals surface area contributed by atoms with Gasteiger partial charge in [0.2, 0.25) is 0 Å². The topological polar surface area (TPSA) is 99.4 Å². The average molecular weight is 302 g/mol. The summed E-state index contributed by atoms with van der Waals surface area (Å²) in [6.07, 6.45) is -2.15. The number of ether oxygens (including phenoxy) is 2. The van der Waals surface area contributed by atoms with Gasteiger partial charge in [-0.25, -0.2) is 0 Å². The van der Waals surface area contributed by atoms with E-state index in [1.165, 1.54) is 24.3 Å². The van der Waals surface area contributed by atoms with E-state index in [1.54, 1.807) is 6.07 Å². The summed E-state index contributed by atoms with van der Waals surface area (Å²) in [4.78, 5) is 0. The Balaban J connectivity index is 1.83. The van der Waals surface area contributed by atoms with E-state index in [9.17, 15) is 20.4 Å². The zero-order chi connectivity index (χ0) is 15.4. The molecule has 3 atom stereocenters. The Bertz CT molecular complexity index is 757. The number of hydrogen-bond donors (Lipinski definition) is 4. The Morgan fingerprint density at radius 1 is 0.955 bits per heavy atom. The molecule has 4 rings (SSSR count). The van der Waals surface area contributed by atoms with Crippen molar-refractivity contribution in [2.24, 2.45) is 0 Å². The molecular formula is C16H14O6. The fourth-order valence-corrected chi connectivity index (χ4v) is 3.05. The lowest BCUT2D eigenvalue weighted by Gasteiger charge is -2.40. The zero-order valence-corrected chi connectivity index (χ0v) is 11.4. The molecule has 0 aromatic heterocycles. The van der Waals surface area contributed by atoms with Crippen molar-refractivity contribution in [3.05, 3.63) is 47.0 Å². The van der Waals surface area contributed by atoms with Gasteiger partial charge in [-0.3, -0.25) is 0 Å². The van der Waals surface area contributed by atoms with Gasteiger partial charge in [0.05, 0.1) is 6.61 Å². The highest BCUT2D eigenvalue weighted by Crippen LogP contribution is 2.48. The molecule has 2 aliphatic rings. The van der Waals surface area contributed by atoms with Crippen LogP contribution in [0.5, 0.6) is 23.0 Å². The molecular weight excluding hydrogens is 288 g/mol. The Hall–Kier alpha value is -2.44. The number of fused-ring (bicyclic) bond motifs is 4. The van der Waals surface area contributed by atoms with Crippen LogP contribution in [0.15, 0.2) is 30.3 Å². The van der Waals surface area contributed by atoms with Crippen LogP contribution in [0.25, 0.3) is 0 Å². The summed E-state index contributed by atoms with van der Waals surface area (Å²) < 4.78 is 11.5. The summed E-state index contributed by atoms with van der Waals surface area (Å²) >= 11 is 0. The van der Waals surface area contributed by atoms with E-state index in [0.29, 0.717) is 22.4 Å². The molecule has 0 amide bonds. The highest BCUT2D eigenvalue weighted by Gasteiger charge is 2.43. The lowest BCUT2D eigenvalue weighted by Crippen LogP contribution is -2.39. The van der Waals surface area contributed by atoms with Crippen LogP contribution in [0.3, 0.4) is 0 Å². The van der Waals surface area contributed by atoms with E-state index >= 15 is 0 Å². The number of phenols is 3. The zero-order valence-electron chi connectivity index (χ0n) is 11.4. The third kappa shape index (κ3) is 1.81. The van der Waals surface area contributed by atoms with Crippen LogP contribution in [-0.2, 0) is 11.3 Å². The minimum Gasteiger partial charge on any atom is -0.508 e. The summed E-state index contributed by atoms with van der Waals surface area (Å²) in [5.74, 6) is -0.0675. The largest absolute Gasteiger partial charge is 0.508 e. The van der Waals surface area contributed by atoms with Gasteiger partial charge < -0.3 is 29.9 Å². The summed E-state index contributed by atoms with van der Waals surface area (Å²) in [6, 6.07) is 7.36. The molecule has 0 bridgehead atoms. The molecule has 2 aromatic rings. The molecule has 22 heavy (non-hydrogen) atoms. The van der Waals surface area contributed by atoms with Gasteiger partial charge in [0.15, 0.2) is 17.6 Å². The van der Waals surface area contributed by atoms with Crippen molar-refractivity contribution in [2.75, 3.05) is 0 Å². The highest BCUT2D eigenvalue weighted by atomic mass is 16.6. The molecule has 0 saturated heterocycles. The van der Waals surface area contributed by atoms with Gasteiger partial charge in [-0.05, 0) is 29.8 Å². The van der Waals surface area contributed by atoms with Gasteiger partial charge in [0.1, 0.15) is 23.7 Å². The van der Waals surface area contributed by atoms with Gasteiger partial charge in [0, 0.05) is 17.2 Å². The van der Waals surface area contributed by atoms with Crippen LogP contribution in [0.2, 0.25) is 0 Å². The number of benzene rings is 2. The predicted molar refractivity (Wildman–Crippen MR) is 74.8 cm³/mol. The van der Waals surface area contributed by atoms with E-state index in [1.807, 2.05) is 0 Å². The van der Waals surface area contributed by atoms with Crippen molar-refractivity contribution in [3.8, 4) is 23.0 Å². The van der Waals surface area contributed by atoms with Crippen molar-refractivity contribution in [3.63, 3.8) is 0 Å². The minimum atomic E-state index is -0.904. The fraction of sp³-hybridized carbons (Fsp3) is 0.250. The fourth-order valence-electron chi connectivity index (χ4n) is 3.05. The van der Waals surface area contributed by atoms with Crippen LogP contribution in [0.1, 0.15) is 28.9 Å². The van der Waals surface area contributed by atoms with Crippen molar-refractivity contribution >= 4 is 0 Å². The van der Waals surface area contributed by atoms with Gasteiger partial charge in [-0.15, -0.1) is 0 Å². The SMILES string of the molecule is Oc1ccc2c(c1)O[C@H]1c3cc(O)c(O)cc3CO[C@@H]1[C@H]2O.